The molecule has 4 aromatic rings. The largest absolute Gasteiger partial charge is 0.480 e. The molecule has 2 aromatic carbocycles. The van der Waals surface area contributed by atoms with Crippen LogP contribution < -0.4 is 21.3 Å². The van der Waals surface area contributed by atoms with E-state index in [4.69, 9.17) is 16.3 Å². The monoisotopic (exact) mass is 522 g/mol. The third-order valence-electron chi connectivity index (χ3n) is 5.71. The number of carbonyl (C=O) groups is 2. The van der Waals surface area contributed by atoms with Crippen molar-refractivity contribution >= 4 is 29.5 Å². The molecule has 0 atom stereocenters. The fraction of sp³-hybridized carbons (Fsp3) is 0.115. The van der Waals surface area contributed by atoms with Crippen molar-refractivity contribution < 1.29 is 18.7 Å². The Kier molecular flexibility index (Phi) is 7.03. The Bertz CT molecular complexity index is 1680. The molecule has 2 aromatic heterocycles. The number of halogens is 2. The summed E-state index contributed by atoms with van der Waals surface area (Å²) in [5.41, 5.74) is -0.360. The maximum atomic E-state index is 15.6. The van der Waals surface area contributed by atoms with Gasteiger partial charge in [0.25, 0.3) is 11.5 Å². The molecule has 37 heavy (non-hydrogen) atoms. The van der Waals surface area contributed by atoms with Crippen molar-refractivity contribution in [2.24, 2.45) is 14.1 Å². The van der Waals surface area contributed by atoms with Gasteiger partial charge in [0.2, 0.25) is 5.88 Å². The van der Waals surface area contributed by atoms with Gasteiger partial charge in [0.1, 0.15) is 5.56 Å². The Balaban J connectivity index is 1.74. The van der Waals surface area contributed by atoms with Crippen molar-refractivity contribution in [3.05, 3.63) is 97.5 Å². The molecule has 0 aliphatic heterocycles. The molecule has 1 N–H and O–H groups in total. The predicted molar refractivity (Wildman–Crippen MR) is 137 cm³/mol. The fourth-order valence-electron chi connectivity index (χ4n) is 3.78. The van der Waals surface area contributed by atoms with E-state index in [1.54, 1.807) is 24.3 Å². The van der Waals surface area contributed by atoms with Crippen LogP contribution in [0.25, 0.3) is 22.4 Å². The lowest BCUT2D eigenvalue weighted by Crippen LogP contribution is -2.40. The van der Waals surface area contributed by atoms with E-state index in [1.165, 1.54) is 45.5 Å². The normalized spacial score (nSPS) is 10.7. The summed E-state index contributed by atoms with van der Waals surface area (Å²) in [6.07, 6.45) is 1.72. The standard InChI is InChI=1S/C26H20ClFN4O5/c1-31-12-18(25(35)32(2)26(31)36)23(34)29-20-9-5-7-16(22(20)28)15-6-4-8-17(21(15)27)19-11-10-14(13-33)24(30-19)37-3/h4-13H,1-3H3,(H,29,34). The van der Waals surface area contributed by atoms with Gasteiger partial charge in [-0.15, -0.1) is 0 Å². The molecule has 0 aliphatic rings. The lowest BCUT2D eigenvalue weighted by molar-refractivity contribution is 0.102. The number of pyridine rings is 1. The van der Waals surface area contributed by atoms with Gasteiger partial charge in [-0.05, 0) is 18.2 Å². The van der Waals surface area contributed by atoms with Gasteiger partial charge >= 0.3 is 5.69 Å². The van der Waals surface area contributed by atoms with Gasteiger partial charge in [0.05, 0.1) is 29.1 Å². The Morgan fingerprint density at radius 3 is 2.43 bits per heavy atom. The van der Waals surface area contributed by atoms with Crippen LogP contribution in [0.4, 0.5) is 10.1 Å². The topological polar surface area (TPSA) is 112 Å². The Morgan fingerprint density at radius 2 is 1.73 bits per heavy atom. The van der Waals surface area contributed by atoms with Crippen LogP contribution in [0.5, 0.6) is 5.88 Å². The van der Waals surface area contributed by atoms with Crippen LogP contribution in [0.15, 0.2) is 64.3 Å². The number of nitrogens with one attached hydrogen (secondary N) is 1. The highest BCUT2D eigenvalue weighted by atomic mass is 35.5. The average Bonchev–Trinajstić information content (AvgIpc) is 2.90. The minimum Gasteiger partial charge on any atom is -0.480 e. The lowest BCUT2D eigenvalue weighted by atomic mass is 9.99. The Hall–Kier alpha value is -4.57. The van der Waals surface area contributed by atoms with E-state index in [0.29, 0.717) is 23.1 Å². The van der Waals surface area contributed by atoms with E-state index >= 15 is 4.39 Å². The maximum Gasteiger partial charge on any atom is 0.330 e. The van der Waals surface area contributed by atoms with Gasteiger partial charge in [-0.25, -0.2) is 14.2 Å². The molecule has 188 valence electrons. The van der Waals surface area contributed by atoms with E-state index in [-0.39, 0.29) is 33.3 Å². The number of aldehydes is 1. The summed E-state index contributed by atoms with van der Waals surface area (Å²) in [5.74, 6) is -1.54. The zero-order valence-electron chi connectivity index (χ0n) is 19.9. The molecule has 0 saturated carbocycles. The number of hydrogen-bond donors (Lipinski definition) is 1. The quantitative estimate of drug-likeness (QED) is 0.387. The fourth-order valence-corrected chi connectivity index (χ4v) is 4.11. The lowest BCUT2D eigenvalue weighted by Gasteiger charge is -2.14. The number of aryl methyl sites for hydroxylation is 1. The number of hydrogen-bond acceptors (Lipinski definition) is 6. The number of methoxy groups -OCH3 is 1. The molecule has 0 fully saturated rings. The summed E-state index contributed by atoms with van der Waals surface area (Å²) >= 11 is 6.66. The molecule has 0 spiro atoms. The molecule has 4 rings (SSSR count). The van der Waals surface area contributed by atoms with Crippen LogP contribution in [0.3, 0.4) is 0 Å². The molecular formula is C26H20ClFN4O5. The second-order valence-electron chi connectivity index (χ2n) is 8.00. The summed E-state index contributed by atoms with van der Waals surface area (Å²) in [5, 5.41) is 2.58. The predicted octanol–water partition coefficient (Wildman–Crippen LogP) is 3.68. The number of benzene rings is 2. The molecular weight excluding hydrogens is 503 g/mol. The molecule has 1 amide bonds. The first-order chi connectivity index (χ1) is 17.7. The number of amides is 1. The van der Waals surface area contributed by atoms with Crippen molar-refractivity contribution in [3.63, 3.8) is 0 Å². The van der Waals surface area contributed by atoms with Gasteiger partial charge < -0.3 is 14.6 Å². The zero-order chi connectivity index (χ0) is 26.9. The van der Waals surface area contributed by atoms with Crippen molar-refractivity contribution in [1.29, 1.82) is 0 Å². The number of ether oxygens (including phenoxy) is 1. The first kappa shape index (κ1) is 25.5. The number of aromatic nitrogens is 3. The summed E-state index contributed by atoms with van der Waals surface area (Å²) < 4.78 is 22.6. The van der Waals surface area contributed by atoms with Gasteiger partial charge in [0.15, 0.2) is 12.1 Å². The third-order valence-corrected chi connectivity index (χ3v) is 6.12. The summed E-state index contributed by atoms with van der Waals surface area (Å²) in [6.45, 7) is 0. The SMILES string of the molecule is COc1nc(-c2cccc(-c3cccc(NC(=O)c4cn(C)c(=O)n(C)c4=O)c3F)c2Cl)ccc1C=O. The molecule has 9 nitrogen and oxygen atoms in total. The van der Waals surface area contributed by atoms with Crippen LogP contribution in [-0.2, 0) is 14.1 Å². The highest BCUT2D eigenvalue weighted by Crippen LogP contribution is 2.38. The van der Waals surface area contributed by atoms with Crippen molar-refractivity contribution in [2.75, 3.05) is 12.4 Å². The van der Waals surface area contributed by atoms with Crippen molar-refractivity contribution in [2.45, 2.75) is 0 Å². The van der Waals surface area contributed by atoms with Crippen molar-refractivity contribution in [1.82, 2.24) is 14.1 Å². The van der Waals surface area contributed by atoms with Gasteiger partial charge in [-0.3, -0.25) is 19.0 Å². The average molecular weight is 523 g/mol. The second kappa shape index (κ2) is 10.2. The van der Waals surface area contributed by atoms with Gasteiger partial charge in [-0.2, -0.15) is 0 Å². The number of rotatable bonds is 6. The van der Waals surface area contributed by atoms with Crippen LogP contribution >= 0.6 is 11.6 Å². The number of carbonyl (C=O) groups excluding carboxylic acids is 2. The molecule has 0 bridgehead atoms. The van der Waals surface area contributed by atoms with E-state index in [1.807, 2.05) is 0 Å². The smallest absolute Gasteiger partial charge is 0.330 e. The molecule has 11 heteroatoms. The highest BCUT2D eigenvalue weighted by Gasteiger charge is 2.20. The molecule has 0 saturated heterocycles. The van der Waals surface area contributed by atoms with E-state index < -0.39 is 23.0 Å². The van der Waals surface area contributed by atoms with Gasteiger partial charge in [-0.1, -0.05) is 41.9 Å². The first-order valence-corrected chi connectivity index (χ1v) is 11.2. The first-order valence-electron chi connectivity index (χ1n) is 10.8. The minimum absolute atomic E-state index is 0.0921. The number of nitrogens with zero attached hydrogens (tertiary/aromatic N) is 3. The summed E-state index contributed by atoms with van der Waals surface area (Å²) in [4.78, 5) is 52.6. The third kappa shape index (κ3) is 4.66. The molecule has 0 radical (unpaired) electrons. The molecule has 0 unspecified atom stereocenters. The van der Waals surface area contributed by atoms with Crippen LogP contribution in [0.1, 0.15) is 20.7 Å². The maximum absolute atomic E-state index is 15.6. The summed E-state index contributed by atoms with van der Waals surface area (Å²) in [6, 6.07) is 12.4. The summed E-state index contributed by atoms with van der Waals surface area (Å²) in [7, 11) is 4.03. The number of anilines is 1. The zero-order valence-corrected chi connectivity index (χ0v) is 20.7. The van der Waals surface area contributed by atoms with Crippen molar-refractivity contribution in [3.8, 4) is 28.3 Å². The Labute approximate surface area is 214 Å². The van der Waals surface area contributed by atoms with Crippen LogP contribution in [-0.4, -0.2) is 33.4 Å². The highest BCUT2D eigenvalue weighted by molar-refractivity contribution is 6.36. The van der Waals surface area contributed by atoms with E-state index in [9.17, 15) is 19.2 Å². The van der Waals surface area contributed by atoms with Gasteiger partial charge in [0, 0.05) is 37.0 Å². The minimum atomic E-state index is -0.876. The molecule has 2 heterocycles. The van der Waals surface area contributed by atoms with Crippen LogP contribution in [0, 0.1) is 5.82 Å². The van der Waals surface area contributed by atoms with E-state index in [0.717, 1.165) is 15.3 Å². The van der Waals surface area contributed by atoms with Crippen LogP contribution in [0.2, 0.25) is 5.02 Å². The Morgan fingerprint density at radius 1 is 1.05 bits per heavy atom. The molecule has 0 aliphatic carbocycles. The van der Waals surface area contributed by atoms with E-state index in [2.05, 4.69) is 10.3 Å². The second-order valence-corrected chi connectivity index (χ2v) is 8.38.